The Morgan fingerprint density at radius 3 is 2.86 bits per heavy atom. The maximum absolute atomic E-state index is 11.3. The van der Waals surface area contributed by atoms with Crippen molar-refractivity contribution in [2.24, 2.45) is 0 Å². The van der Waals surface area contributed by atoms with Gasteiger partial charge < -0.3 is 10.1 Å². The molecule has 1 rings (SSSR count). The number of ether oxygens (including phenoxy) is 1. The zero-order valence-corrected chi connectivity index (χ0v) is 8.34. The number of nitrogens with one attached hydrogen (secondary N) is 1. The van der Waals surface area contributed by atoms with Crippen molar-refractivity contribution in [1.82, 2.24) is 5.32 Å². The molecule has 0 atom stereocenters. The smallest absolute Gasteiger partial charge is 0.305 e. The lowest BCUT2D eigenvalue weighted by molar-refractivity contribution is -0.141. The van der Waals surface area contributed by atoms with Crippen LogP contribution in [-0.4, -0.2) is 25.4 Å². The van der Waals surface area contributed by atoms with Gasteiger partial charge in [-0.25, -0.2) is 0 Å². The Morgan fingerprint density at radius 1 is 1.50 bits per heavy atom. The summed E-state index contributed by atoms with van der Waals surface area (Å²) in [6.45, 7) is 0.941. The van der Waals surface area contributed by atoms with Gasteiger partial charge in [-0.2, -0.15) is 0 Å². The fourth-order valence-electron chi connectivity index (χ4n) is 1.33. The predicted molar refractivity (Wildman–Crippen MR) is 51.6 cm³/mol. The minimum Gasteiger partial charge on any atom is -0.469 e. The zero-order chi connectivity index (χ0) is 10.4. The van der Waals surface area contributed by atoms with Crippen LogP contribution in [0.5, 0.6) is 0 Å². The first-order valence-electron chi connectivity index (χ1n) is 4.76. The molecule has 0 unspecified atom stereocenters. The zero-order valence-electron chi connectivity index (χ0n) is 8.34. The lowest BCUT2D eigenvalue weighted by atomic mass is 10.2. The molecule has 1 aliphatic heterocycles. The molecule has 0 amide bonds. The summed E-state index contributed by atoms with van der Waals surface area (Å²) in [5.41, 5.74) is 0.986. The van der Waals surface area contributed by atoms with E-state index in [0.717, 1.165) is 25.1 Å². The number of ketones is 1. The van der Waals surface area contributed by atoms with Crippen molar-refractivity contribution in [1.29, 1.82) is 0 Å². The number of hydrogen-bond donors (Lipinski definition) is 1. The van der Waals surface area contributed by atoms with Crippen LogP contribution in [0, 0.1) is 0 Å². The highest BCUT2D eigenvalue weighted by atomic mass is 16.5. The van der Waals surface area contributed by atoms with Crippen molar-refractivity contribution in [3.8, 4) is 0 Å². The Bertz CT molecular complexity index is 250. The van der Waals surface area contributed by atoms with Crippen molar-refractivity contribution >= 4 is 11.8 Å². The molecule has 1 saturated heterocycles. The van der Waals surface area contributed by atoms with Gasteiger partial charge in [-0.3, -0.25) is 9.59 Å². The molecule has 0 aliphatic carbocycles. The van der Waals surface area contributed by atoms with Gasteiger partial charge in [0.2, 0.25) is 0 Å². The van der Waals surface area contributed by atoms with Crippen LogP contribution in [0.3, 0.4) is 0 Å². The van der Waals surface area contributed by atoms with Crippen LogP contribution in [0.1, 0.15) is 25.7 Å². The SMILES string of the molecule is COC(=O)CCC(=O)/C=C1/CCCN1. The first-order valence-corrected chi connectivity index (χ1v) is 4.76. The summed E-state index contributed by atoms with van der Waals surface area (Å²) in [7, 11) is 1.32. The molecule has 14 heavy (non-hydrogen) atoms. The molecule has 4 nitrogen and oxygen atoms in total. The van der Waals surface area contributed by atoms with Crippen molar-refractivity contribution < 1.29 is 14.3 Å². The summed E-state index contributed by atoms with van der Waals surface area (Å²) >= 11 is 0. The van der Waals surface area contributed by atoms with Crippen molar-refractivity contribution in [3.05, 3.63) is 11.8 Å². The molecule has 0 aromatic rings. The first kappa shape index (κ1) is 10.8. The second kappa shape index (κ2) is 5.42. The van der Waals surface area contributed by atoms with Crippen molar-refractivity contribution in [2.45, 2.75) is 25.7 Å². The average molecular weight is 197 g/mol. The van der Waals surface area contributed by atoms with Crippen LogP contribution in [-0.2, 0) is 14.3 Å². The van der Waals surface area contributed by atoms with Gasteiger partial charge in [-0.15, -0.1) is 0 Å². The number of esters is 1. The van der Waals surface area contributed by atoms with Gasteiger partial charge in [0.15, 0.2) is 5.78 Å². The van der Waals surface area contributed by atoms with Crippen molar-refractivity contribution in [3.63, 3.8) is 0 Å². The van der Waals surface area contributed by atoms with Gasteiger partial charge in [-0.05, 0) is 12.8 Å². The van der Waals surface area contributed by atoms with E-state index in [0.29, 0.717) is 0 Å². The van der Waals surface area contributed by atoms with E-state index in [1.807, 2.05) is 0 Å². The van der Waals surface area contributed by atoms with Crippen LogP contribution in [0.15, 0.2) is 11.8 Å². The summed E-state index contributed by atoms with van der Waals surface area (Å²) in [6, 6.07) is 0. The molecule has 0 aromatic carbocycles. The van der Waals surface area contributed by atoms with Crippen LogP contribution in [0.2, 0.25) is 0 Å². The monoisotopic (exact) mass is 197 g/mol. The third-order valence-corrected chi connectivity index (χ3v) is 2.11. The number of rotatable bonds is 4. The lowest BCUT2D eigenvalue weighted by Crippen LogP contribution is -2.08. The maximum Gasteiger partial charge on any atom is 0.305 e. The highest BCUT2D eigenvalue weighted by molar-refractivity contribution is 5.92. The third-order valence-electron chi connectivity index (χ3n) is 2.11. The lowest BCUT2D eigenvalue weighted by Gasteiger charge is -1.98. The Hall–Kier alpha value is -1.32. The number of allylic oxidation sites excluding steroid dienone is 2. The van der Waals surface area contributed by atoms with Gasteiger partial charge in [0, 0.05) is 24.7 Å². The van der Waals surface area contributed by atoms with Gasteiger partial charge in [0.25, 0.3) is 0 Å². The molecular formula is C10H15NO3. The largest absolute Gasteiger partial charge is 0.469 e. The van der Waals surface area contributed by atoms with Crippen LogP contribution in [0.25, 0.3) is 0 Å². The van der Waals surface area contributed by atoms with E-state index in [1.54, 1.807) is 6.08 Å². The quantitative estimate of drug-likeness (QED) is 0.534. The Balaban J connectivity index is 2.28. The molecule has 78 valence electrons. The Labute approximate surface area is 83.3 Å². The molecule has 0 bridgehead atoms. The Kier molecular flexibility index (Phi) is 4.16. The average Bonchev–Trinajstić information content (AvgIpc) is 2.66. The van der Waals surface area contributed by atoms with E-state index in [1.165, 1.54) is 7.11 Å². The fraction of sp³-hybridized carbons (Fsp3) is 0.600. The molecule has 0 radical (unpaired) electrons. The summed E-state index contributed by atoms with van der Waals surface area (Å²) in [5.74, 6) is -0.351. The second-order valence-corrected chi connectivity index (χ2v) is 3.24. The fourth-order valence-corrected chi connectivity index (χ4v) is 1.33. The minimum atomic E-state index is -0.337. The van der Waals surface area contributed by atoms with Gasteiger partial charge in [-0.1, -0.05) is 0 Å². The standard InChI is InChI=1S/C10H15NO3/c1-14-10(13)5-4-9(12)7-8-3-2-6-11-8/h7,11H,2-6H2,1H3/b8-7-. The van der Waals surface area contributed by atoms with E-state index in [2.05, 4.69) is 10.1 Å². The van der Waals surface area contributed by atoms with Crippen LogP contribution < -0.4 is 5.32 Å². The molecular weight excluding hydrogens is 182 g/mol. The van der Waals surface area contributed by atoms with Crippen LogP contribution in [0.4, 0.5) is 0 Å². The molecule has 0 spiro atoms. The topological polar surface area (TPSA) is 55.4 Å². The maximum atomic E-state index is 11.3. The minimum absolute atomic E-state index is 0.0141. The number of carbonyl (C=O) groups excluding carboxylic acids is 2. The van der Waals surface area contributed by atoms with Crippen molar-refractivity contribution in [2.75, 3.05) is 13.7 Å². The van der Waals surface area contributed by atoms with Gasteiger partial charge in [0.1, 0.15) is 0 Å². The number of hydrogen-bond acceptors (Lipinski definition) is 4. The summed E-state index contributed by atoms with van der Waals surface area (Å²) in [5, 5.41) is 3.11. The van der Waals surface area contributed by atoms with E-state index in [9.17, 15) is 9.59 Å². The summed E-state index contributed by atoms with van der Waals surface area (Å²) < 4.78 is 4.44. The highest BCUT2D eigenvalue weighted by Crippen LogP contribution is 2.09. The summed E-state index contributed by atoms with van der Waals surface area (Å²) in [6.07, 6.45) is 4.01. The van der Waals surface area contributed by atoms with E-state index < -0.39 is 0 Å². The van der Waals surface area contributed by atoms with Gasteiger partial charge in [0.05, 0.1) is 13.5 Å². The van der Waals surface area contributed by atoms with Gasteiger partial charge >= 0.3 is 5.97 Å². The molecule has 1 aliphatic rings. The third kappa shape index (κ3) is 3.60. The molecule has 0 aromatic heterocycles. The number of methoxy groups -OCH3 is 1. The molecule has 1 N–H and O–H groups in total. The Morgan fingerprint density at radius 2 is 2.29 bits per heavy atom. The normalized spacial score (nSPS) is 17.9. The highest BCUT2D eigenvalue weighted by Gasteiger charge is 2.09. The van der Waals surface area contributed by atoms with E-state index in [-0.39, 0.29) is 24.6 Å². The van der Waals surface area contributed by atoms with Crippen LogP contribution >= 0.6 is 0 Å². The summed E-state index contributed by atoms with van der Waals surface area (Å²) in [4.78, 5) is 22.0. The number of carbonyl (C=O) groups is 2. The second-order valence-electron chi connectivity index (χ2n) is 3.24. The molecule has 1 fully saturated rings. The van der Waals surface area contributed by atoms with E-state index >= 15 is 0 Å². The molecule has 1 heterocycles. The predicted octanol–water partition coefficient (Wildman–Crippen LogP) is 0.776. The van der Waals surface area contributed by atoms with E-state index in [4.69, 9.17) is 0 Å². The molecule has 4 heteroatoms. The first-order chi connectivity index (χ1) is 6.72. The molecule has 0 saturated carbocycles.